The van der Waals surface area contributed by atoms with Crippen LogP contribution in [0.3, 0.4) is 0 Å². The number of phenolic OH excluding ortho intramolecular Hbond substituents is 1. The molecule has 0 atom stereocenters. The lowest BCUT2D eigenvalue weighted by atomic mass is 10.0. The molecule has 0 saturated carbocycles. The van der Waals surface area contributed by atoms with E-state index in [2.05, 4.69) is 20.7 Å². The molecule has 0 aliphatic carbocycles. The largest absolute Gasteiger partial charge is 0.508 e. The van der Waals surface area contributed by atoms with E-state index in [0.29, 0.717) is 10.9 Å². The Morgan fingerprint density at radius 3 is 2.80 bits per heavy atom. The van der Waals surface area contributed by atoms with Crippen molar-refractivity contribution < 1.29 is 14.6 Å². The van der Waals surface area contributed by atoms with Crippen LogP contribution in [-0.2, 0) is 10.1 Å². The first kappa shape index (κ1) is 11.5. The van der Waals surface area contributed by atoms with Gasteiger partial charge in [0.1, 0.15) is 11.8 Å². The molecule has 15 heavy (non-hydrogen) atoms. The van der Waals surface area contributed by atoms with Crippen LogP contribution in [0.15, 0.2) is 12.1 Å². The molecule has 4 nitrogen and oxygen atoms in total. The van der Waals surface area contributed by atoms with Crippen LogP contribution in [0.4, 0.5) is 0 Å². The Kier molecular flexibility index (Phi) is 3.69. The highest BCUT2D eigenvalue weighted by Crippen LogP contribution is 2.24. The van der Waals surface area contributed by atoms with Crippen LogP contribution in [-0.4, -0.2) is 18.2 Å². The number of benzene rings is 1. The van der Waals surface area contributed by atoms with Crippen molar-refractivity contribution in [1.82, 2.24) is 0 Å². The molecule has 78 valence electrons. The lowest BCUT2D eigenvalue weighted by Gasteiger charge is -2.06. The van der Waals surface area contributed by atoms with Gasteiger partial charge in [0, 0.05) is 10.9 Å². The third kappa shape index (κ3) is 2.28. The molecule has 0 fully saturated rings. The highest BCUT2D eigenvalue weighted by Gasteiger charge is 2.15. The molecule has 0 saturated heterocycles. The Hall–Kier alpha value is -1.54. The Morgan fingerprint density at radius 2 is 2.33 bits per heavy atom. The highest BCUT2D eigenvalue weighted by atomic mass is 79.9. The van der Waals surface area contributed by atoms with E-state index in [1.165, 1.54) is 19.2 Å². The maximum atomic E-state index is 11.3. The third-order valence-corrected chi connectivity index (χ3v) is 2.49. The van der Waals surface area contributed by atoms with Crippen LogP contribution in [0.1, 0.15) is 21.5 Å². The summed E-state index contributed by atoms with van der Waals surface area (Å²) in [5.74, 6) is -0.607. The van der Waals surface area contributed by atoms with Gasteiger partial charge < -0.3 is 9.84 Å². The number of hydrogen-bond donors (Lipinski definition) is 1. The lowest BCUT2D eigenvalue weighted by Crippen LogP contribution is -2.05. The normalized spacial score (nSPS) is 9.40. The first-order chi connectivity index (χ1) is 7.13. The number of ether oxygens (including phenoxy) is 1. The molecule has 0 aromatic heterocycles. The summed E-state index contributed by atoms with van der Waals surface area (Å²) in [6.45, 7) is 0. The number of aromatic hydroxyl groups is 1. The summed E-state index contributed by atoms with van der Waals surface area (Å²) < 4.78 is 4.53. The van der Waals surface area contributed by atoms with Crippen LogP contribution >= 0.6 is 15.9 Å². The van der Waals surface area contributed by atoms with Gasteiger partial charge in [-0.15, -0.1) is 0 Å². The second-order valence-corrected chi connectivity index (χ2v) is 3.32. The van der Waals surface area contributed by atoms with E-state index in [9.17, 15) is 9.90 Å². The minimum atomic E-state index is -0.589. The van der Waals surface area contributed by atoms with E-state index >= 15 is 0 Å². The maximum Gasteiger partial charge on any atom is 0.339 e. The topological polar surface area (TPSA) is 70.3 Å². The van der Waals surface area contributed by atoms with E-state index in [4.69, 9.17) is 5.26 Å². The number of esters is 1. The first-order valence-electron chi connectivity index (χ1n) is 4.04. The smallest absolute Gasteiger partial charge is 0.339 e. The maximum absolute atomic E-state index is 11.3. The summed E-state index contributed by atoms with van der Waals surface area (Å²) in [7, 11) is 1.24. The summed E-state index contributed by atoms with van der Waals surface area (Å²) in [4.78, 5) is 11.3. The zero-order valence-corrected chi connectivity index (χ0v) is 9.54. The quantitative estimate of drug-likeness (QED) is 0.658. The van der Waals surface area contributed by atoms with Crippen molar-refractivity contribution in [1.29, 1.82) is 5.26 Å². The van der Waals surface area contributed by atoms with Gasteiger partial charge in [0.25, 0.3) is 0 Å². The van der Waals surface area contributed by atoms with Crippen LogP contribution < -0.4 is 0 Å². The molecule has 1 aromatic carbocycles. The Labute approximate surface area is 95.2 Å². The average molecular weight is 270 g/mol. The molecule has 5 heteroatoms. The van der Waals surface area contributed by atoms with Gasteiger partial charge in [0.05, 0.1) is 18.2 Å². The number of nitriles is 1. The van der Waals surface area contributed by atoms with Gasteiger partial charge in [0.2, 0.25) is 0 Å². The minimum absolute atomic E-state index is 0.0175. The fourth-order valence-electron chi connectivity index (χ4n) is 1.11. The number of nitrogens with zero attached hydrogens (tertiary/aromatic N) is 1. The van der Waals surface area contributed by atoms with Gasteiger partial charge in [0.15, 0.2) is 0 Å². The number of methoxy groups -OCH3 is 1. The minimum Gasteiger partial charge on any atom is -0.508 e. The van der Waals surface area contributed by atoms with Crippen LogP contribution in [0.5, 0.6) is 5.75 Å². The number of phenols is 1. The fourth-order valence-corrected chi connectivity index (χ4v) is 1.56. The molecule has 0 aliphatic heterocycles. The molecule has 1 rings (SSSR count). The van der Waals surface area contributed by atoms with Gasteiger partial charge in [-0.25, -0.2) is 4.79 Å². The van der Waals surface area contributed by atoms with Gasteiger partial charge in [-0.05, 0) is 12.1 Å². The number of carbonyl (C=O) groups is 1. The second kappa shape index (κ2) is 4.80. The van der Waals surface area contributed by atoms with Gasteiger partial charge in [-0.2, -0.15) is 5.26 Å². The Bertz CT molecular complexity index is 437. The van der Waals surface area contributed by atoms with Crippen molar-refractivity contribution in [2.45, 2.75) is 5.33 Å². The molecule has 0 radical (unpaired) electrons. The Balaban J connectivity index is 3.37. The van der Waals surface area contributed by atoms with Crippen molar-refractivity contribution in [2.24, 2.45) is 0 Å². The SMILES string of the molecule is COC(=O)c1cc(CBr)c(O)cc1C#N. The zero-order valence-electron chi connectivity index (χ0n) is 7.95. The van der Waals surface area contributed by atoms with Gasteiger partial charge in [-0.1, -0.05) is 15.9 Å². The Morgan fingerprint density at radius 1 is 1.67 bits per heavy atom. The molecular weight excluding hydrogens is 262 g/mol. The summed E-state index contributed by atoms with van der Waals surface area (Å²) in [5, 5.41) is 18.6. The van der Waals surface area contributed by atoms with Crippen LogP contribution in [0.25, 0.3) is 0 Å². The zero-order chi connectivity index (χ0) is 11.4. The average Bonchev–Trinajstić information content (AvgIpc) is 2.27. The molecule has 0 bridgehead atoms. The molecule has 0 heterocycles. The lowest BCUT2D eigenvalue weighted by molar-refractivity contribution is 0.0600. The predicted octanol–water partition coefficient (Wildman–Crippen LogP) is 1.95. The van der Waals surface area contributed by atoms with Crippen molar-refractivity contribution in [3.63, 3.8) is 0 Å². The number of halogens is 1. The van der Waals surface area contributed by atoms with E-state index in [1.807, 2.05) is 6.07 Å². The summed E-state index contributed by atoms with van der Waals surface area (Å²) in [6, 6.07) is 4.52. The second-order valence-electron chi connectivity index (χ2n) is 2.76. The van der Waals surface area contributed by atoms with E-state index in [1.54, 1.807) is 0 Å². The van der Waals surface area contributed by atoms with E-state index < -0.39 is 5.97 Å². The van der Waals surface area contributed by atoms with Gasteiger partial charge >= 0.3 is 5.97 Å². The third-order valence-electron chi connectivity index (χ3n) is 1.89. The molecule has 0 aliphatic rings. The first-order valence-corrected chi connectivity index (χ1v) is 5.16. The van der Waals surface area contributed by atoms with Crippen molar-refractivity contribution in [3.05, 3.63) is 28.8 Å². The molecule has 0 spiro atoms. The summed E-state index contributed by atoms with van der Waals surface area (Å²) in [6.07, 6.45) is 0. The van der Waals surface area contributed by atoms with Crippen molar-refractivity contribution in [2.75, 3.05) is 7.11 Å². The molecular formula is C10H8BrNO3. The number of hydrogen-bond acceptors (Lipinski definition) is 4. The monoisotopic (exact) mass is 269 g/mol. The van der Waals surface area contributed by atoms with Crippen LogP contribution in [0.2, 0.25) is 0 Å². The summed E-state index contributed by atoms with van der Waals surface area (Å²) >= 11 is 3.16. The van der Waals surface area contributed by atoms with E-state index in [0.717, 1.165) is 0 Å². The molecule has 1 aromatic rings. The standard InChI is InChI=1S/C10H8BrNO3/c1-15-10(14)8-2-6(4-11)9(13)3-7(8)5-12/h2-3,13H,4H2,1H3. The van der Waals surface area contributed by atoms with Gasteiger partial charge in [-0.3, -0.25) is 0 Å². The molecule has 0 amide bonds. The van der Waals surface area contributed by atoms with Crippen molar-refractivity contribution >= 4 is 21.9 Å². The highest BCUT2D eigenvalue weighted by molar-refractivity contribution is 9.08. The number of rotatable bonds is 2. The van der Waals surface area contributed by atoms with E-state index in [-0.39, 0.29) is 16.9 Å². The predicted molar refractivity (Wildman–Crippen MR) is 56.8 cm³/mol. The number of carbonyl (C=O) groups excluding carboxylic acids is 1. The molecule has 0 unspecified atom stereocenters. The number of alkyl halides is 1. The summed E-state index contributed by atoms with van der Waals surface area (Å²) in [5.41, 5.74) is 0.797. The molecule has 1 N–H and O–H groups in total. The van der Waals surface area contributed by atoms with Crippen LogP contribution in [0, 0.1) is 11.3 Å². The van der Waals surface area contributed by atoms with Crippen molar-refractivity contribution in [3.8, 4) is 11.8 Å². The fraction of sp³-hybridized carbons (Fsp3) is 0.200.